The molecule has 0 bridgehead atoms. The van der Waals surface area contributed by atoms with Crippen LogP contribution in [-0.2, 0) is 11.4 Å². The molecule has 0 aromatic heterocycles. The monoisotopic (exact) mass is 416 g/mol. The van der Waals surface area contributed by atoms with Gasteiger partial charge in [-0.25, -0.2) is 0 Å². The van der Waals surface area contributed by atoms with Gasteiger partial charge >= 0.3 is 0 Å². The maximum atomic E-state index is 12.3. The second-order valence-corrected chi connectivity index (χ2v) is 6.66. The van der Waals surface area contributed by atoms with E-state index in [4.69, 9.17) is 9.47 Å². The van der Waals surface area contributed by atoms with Crippen LogP contribution in [0.1, 0.15) is 21.5 Å². The Balaban J connectivity index is 1.58. The molecule has 2 amide bonds. The molecule has 0 aliphatic carbocycles. The maximum Gasteiger partial charge on any atom is 0.251 e. The molecular formula is C25H24N2O4. The fourth-order valence-corrected chi connectivity index (χ4v) is 2.84. The molecule has 0 fully saturated rings. The molecule has 0 spiro atoms. The Labute approximate surface area is 181 Å². The SMILES string of the molecule is CNC(=O)c1ccc(NC(=O)/C=C/c2ccc(OCc3ccccc3)cc2)c(OC)c1. The van der Waals surface area contributed by atoms with Crippen LogP contribution in [0.3, 0.4) is 0 Å². The van der Waals surface area contributed by atoms with Gasteiger partial charge in [-0.05, 0) is 47.5 Å². The zero-order valence-corrected chi connectivity index (χ0v) is 17.4. The van der Waals surface area contributed by atoms with E-state index in [9.17, 15) is 9.59 Å². The van der Waals surface area contributed by atoms with E-state index in [2.05, 4.69) is 10.6 Å². The Bertz CT molecular complexity index is 1060. The van der Waals surface area contributed by atoms with Crippen LogP contribution < -0.4 is 20.1 Å². The summed E-state index contributed by atoms with van der Waals surface area (Å²) in [5.41, 5.74) is 2.89. The molecule has 6 heteroatoms. The summed E-state index contributed by atoms with van der Waals surface area (Å²) >= 11 is 0. The van der Waals surface area contributed by atoms with Gasteiger partial charge in [0.25, 0.3) is 5.91 Å². The van der Waals surface area contributed by atoms with Gasteiger partial charge in [0.05, 0.1) is 12.8 Å². The van der Waals surface area contributed by atoms with Crippen LogP contribution in [0, 0.1) is 0 Å². The zero-order valence-electron chi connectivity index (χ0n) is 17.4. The Hall–Kier alpha value is -4.06. The Morgan fingerprint density at radius 2 is 1.71 bits per heavy atom. The van der Waals surface area contributed by atoms with Crippen LogP contribution in [-0.4, -0.2) is 26.0 Å². The number of amides is 2. The second kappa shape index (κ2) is 10.6. The molecule has 0 unspecified atom stereocenters. The molecule has 0 heterocycles. The molecule has 158 valence electrons. The Morgan fingerprint density at radius 1 is 0.968 bits per heavy atom. The van der Waals surface area contributed by atoms with Crippen LogP contribution in [0.5, 0.6) is 11.5 Å². The summed E-state index contributed by atoms with van der Waals surface area (Å²) in [6.07, 6.45) is 3.15. The van der Waals surface area contributed by atoms with Crippen molar-refractivity contribution in [1.29, 1.82) is 0 Å². The summed E-state index contributed by atoms with van der Waals surface area (Å²) in [4.78, 5) is 24.0. The van der Waals surface area contributed by atoms with Crippen molar-refractivity contribution in [2.24, 2.45) is 0 Å². The van der Waals surface area contributed by atoms with Gasteiger partial charge in [-0.2, -0.15) is 0 Å². The highest BCUT2D eigenvalue weighted by Crippen LogP contribution is 2.25. The molecule has 0 aliphatic heterocycles. The fourth-order valence-electron chi connectivity index (χ4n) is 2.84. The molecule has 3 aromatic rings. The van der Waals surface area contributed by atoms with Crippen LogP contribution in [0.25, 0.3) is 6.08 Å². The predicted molar refractivity (Wildman–Crippen MR) is 121 cm³/mol. The number of rotatable bonds is 8. The fraction of sp³-hybridized carbons (Fsp3) is 0.120. The number of carbonyl (C=O) groups is 2. The van der Waals surface area contributed by atoms with Crippen molar-refractivity contribution in [2.45, 2.75) is 6.61 Å². The highest BCUT2D eigenvalue weighted by atomic mass is 16.5. The van der Waals surface area contributed by atoms with Crippen molar-refractivity contribution in [3.8, 4) is 11.5 Å². The molecule has 6 nitrogen and oxygen atoms in total. The summed E-state index contributed by atoms with van der Waals surface area (Å²) < 4.78 is 11.0. The third-order valence-electron chi connectivity index (χ3n) is 4.50. The number of hydrogen-bond donors (Lipinski definition) is 2. The first-order valence-corrected chi connectivity index (χ1v) is 9.75. The number of methoxy groups -OCH3 is 1. The van der Waals surface area contributed by atoms with Gasteiger partial charge in [-0.1, -0.05) is 42.5 Å². The van der Waals surface area contributed by atoms with Crippen LogP contribution in [0.15, 0.2) is 78.9 Å². The van der Waals surface area contributed by atoms with E-state index >= 15 is 0 Å². The number of ether oxygens (including phenoxy) is 2. The van der Waals surface area contributed by atoms with E-state index in [1.54, 1.807) is 31.3 Å². The maximum absolute atomic E-state index is 12.3. The third kappa shape index (κ3) is 6.21. The second-order valence-electron chi connectivity index (χ2n) is 6.66. The van der Waals surface area contributed by atoms with E-state index in [0.29, 0.717) is 23.6 Å². The summed E-state index contributed by atoms with van der Waals surface area (Å²) in [5.74, 6) is 0.622. The number of anilines is 1. The van der Waals surface area contributed by atoms with Crippen molar-refractivity contribution >= 4 is 23.6 Å². The molecule has 2 N–H and O–H groups in total. The lowest BCUT2D eigenvalue weighted by molar-refractivity contribution is -0.111. The molecule has 3 rings (SSSR count). The number of benzene rings is 3. The Morgan fingerprint density at radius 3 is 2.39 bits per heavy atom. The average molecular weight is 416 g/mol. The highest BCUT2D eigenvalue weighted by molar-refractivity contribution is 6.03. The molecule has 3 aromatic carbocycles. The lowest BCUT2D eigenvalue weighted by atomic mass is 10.1. The first kappa shape index (κ1) is 21.6. The van der Waals surface area contributed by atoms with Crippen molar-refractivity contribution in [1.82, 2.24) is 5.32 Å². The minimum atomic E-state index is -0.310. The highest BCUT2D eigenvalue weighted by Gasteiger charge is 2.10. The van der Waals surface area contributed by atoms with Gasteiger partial charge in [0, 0.05) is 18.7 Å². The minimum Gasteiger partial charge on any atom is -0.495 e. The quantitative estimate of drug-likeness (QED) is 0.537. The topological polar surface area (TPSA) is 76.7 Å². The molecule has 0 radical (unpaired) electrons. The summed E-state index contributed by atoms with van der Waals surface area (Å²) in [5, 5.41) is 5.31. The van der Waals surface area contributed by atoms with Gasteiger partial charge in [-0.15, -0.1) is 0 Å². The van der Waals surface area contributed by atoms with Crippen molar-refractivity contribution in [3.63, 3.8) is 0 Å². The average Bonchev–Trinajstić information content (AvgIpc) is 2.82. The van der Waals surface area contributed by atoms with Crippen molar-refractivity contribution in [2.75, 3.05) is 19.5 Å². The zero-order chi connectivity index (χ0) is 22.1. The number of carbonyl (C=O) groups excluding carboxylic acids is 2. The molecule has 0 saturated carbocycles. The lowest BCUT2D eigenvalue weighted by Crippen LogP contribution is -2.18. The van der Waals surface area contributed by atoms with Crippen molar-refractivity contribution < 1.29 is 19.1 Å². The van der Waals surface area contributed by atoms with Crippen LogP contribution in [0.2, 0.25) is 0 Å². The molecule has 31 heavy (non-hydrogen) atoms. The summed E-state index contributed by atoms with van der Waals surface area (Å²) in [6, 6.07) is 22.3. The smallest absolute Gasteiger partial charge is 0.251 e. The predicted octanol–water partition coefficient (Wildman–Crippen LogP) is 4.29. The van der Waals surface area contributed by atoms with Crippen LogP contribution >= 0.6 is 0 Å². The number of nitrogens with one attached hydrogen (secondary N) is 2. The molecular weight excluding hydrogens is 392 g/mol. The standard InChI is InChI=1S/C25H24N2O4/c1-26-25(29)20-11-14-22(23(16-20)30-2)27-24(28)15-10-18-8-12-21(13-9-18)31-17-19-6-4-3-5-7-19/h3-16H,17H2,1-2H3,(H,26,29)(H,27,28)/b15-10+. The van der Waals surface area contributed by atoms with Gasteiger partial charge < -0.3 is 20.1 Å². The van der Waals surface area contributed by atoms with Gasteiger partial charge in [0.15, 0.2) is 0 Å². The summed E-state index contributed by atoms with van der Waals surface area (Å²) in [7, 11) is 3.03. The molecule has 0 aliphatic rings. The summed E-state index contributed by atoms with van der Waals surface area (Å²) in [6.45, 7) is 0.499. The Kier molecular flexibility index (Phi) is 7.43. The largest absolute Gasteiger partial charge is 0.495 e. The normalized spacial score (nSPS) is 10.5. The minimum absolute atomic E-state index is 0.229. The van der Waals surface area contributed by atoms with Crippen molar-refractivity contribution in [3.05, 3.63) is 95.6 Å². The van der Waals surface area contributed by atoms with Gasteiger partial charge in [-0.3, -0.25) is 9.59 Å². The van der Waals surface area contributed by atoms with Gasteiger partial charge in [0.2, 0.25) is 5.91 Å². The first-order valence-electron chi connectivity index (χ1n) is 9.75. The van der Waals surface area contributed by atoms with Gasteiger partial charge in [0.1, 0.15) is 18.1 Å². The van der Waals surface area contributed by atoms with Crippen LogP contribution in [0.4, 0.5) is 5.69 Å². The first-order chi connectivity index (χ1) is 15.1. The van der Waals surface area contributed by atoms with E-state index < -0.39 is 0 Å². The molecule has 0 atom stereocenters. The van der Waals surface area contributed by atoms with E-state index in [1.807, 2.05) is 54.6 Å². The number of hydrogen-bond acceptors (Lipinski definition) is 4. The van der Waals surface area contributed by atoms with E-state index in [1.165, 1.54) is 13.2 Å². The van der Waals surface area contributed by atoms with E-state index in [-0.39, 0.29) is 11.8 Å². The lowest BCUT2D eigenvalue weighted by Gasteiger charge is -2.10. The molecule has 0 saturated heterocycles. The third-order valence-corrected chi connectivity index (χ3v) is 4.50. The van der Waals surface area contributed by atoms with E-state index in [0.717, 1.165) is 16.9 Å².